The molecule has 3 heterocycles. The quantitative estimate of drug-likeness (QED) is 0.0968. The van der Waals surface area contributed by atoms with E-state index < -0.39 is 43.7 Å². The van der Waals surface area contributed by atoms with Gasteiger partial charge in [-0.05, 0) is 72.2 Å². The number of piperazine rings is 1. The Labute approximate surface area is 364 Å². The number of rotatable bonds is 13. The lowest BCUT2D eigenvalue weighted by molar-refractivity contribution is -0.386. The number of alkyl halides is 1. The van der Waals surface area contributed by atoms with Gasteiger partial charge in [-0.15, -0.1) is 0 Å². The summed E-state index contributed by atoms with van der Waals surface area (Å²) < 4.78 is 61.1. The van der Waals surface area contributed by atoms with Crippen LogP contribution in [0.25, 0.3) is 5.57 Å². The molecule has 1 aromatic heterocycles. The maximum absolute atomic E-state index is 15.1. The normalized spacial score (nSPS) is 18.1. The summed E-state index contributed by atoms with van der Waals surface area (Å²) in [6.07, 6.45) is 4.54. The Morgan fingerprint density at radius 3 is 2.41 bits per heavy atom. The number of nitro benzene ring substituents is 1. The van der Waals surface area contributed by atoms with Crippen LogP contribution < -0.4 is 24.8 Å². The molecule has 0 radical (unpaired) electrons. The number of benzene rings is 3. The lowest BCUT2D eigenvalue weighted by atomic mass is 9.72. The summed E-state index contributed by atoms with van der Waals surface area (Å²) in [5.74, 6) is -1.18. The van der Waals surface area contributed by atoms with Gasteiger partial charge in [0.05, 0.1) is 26.6 Å². The van der Waals surface area contributed by atoms with E-state index in [1.165, 1.54) is 35.0 Å². The zero-order valence-electron chi connectivity index (χ0n) is 33.8. The van der Waals surface area contributed by atoms with Gasteiger partial charge in [-0.1, -0.05) is 54.8 Å². The van der Waals surface area contributed by atoms with Gasteiger partial charge in [0.1, 0.15) is 29.6 Å². The third kappa shape index (κ3) is 10.7. The number of aromatic nitrogens is 1. The number of carbonyl (C=O) groups excluding carboxylic acids is 1. The number of nitrogens with one attached hydrogen (secondary N) is 1. The molecule has 3 aromatic carbocycles. The van der Waals surface area contributed by atoms with Crippen LogP contribution in [0.3, 0.4) is 0 Å². The van der Waals surface area contributed by atoms with Crippen molar-refractivity contribution in [2.45, 2.75) is 56.5 Å². The number of hydrogen-bond acceptors (Lipinski definition) is 12. The minimum atomic E-state index is -4.69. The van der Waals surface area contributed by atoms with E-state index in [1.54, 1.807) is 12.1 Å². The number of amides is 1. The minimum absolute atomic E-state index is 0.000780. The van der Waals surface area contributed by atoms with Crippen molar-refractivity contribution >= 4 is 61.9 Å². The van der Waals surface area contributed by atoms with Crippen molar-refractivity contribution in [1.82, 2.24) is 14.6 Å². The van der Waals surface area contributed by atoms with E-state index in [9.17, 15) is 23.3 Å². The zero-order chi connectivity index (χ0) is 43.5. The second-order valence-corrected chi connectivity index (χ2v) is 18.9. The van der Waals surface area contributed by atoms with E-state index in [-0.39, 0.29) is 65.1 Å². The van der Waals surface area contributed by atoms with Crippen LogP contribution in [0, 0.1) is 15.5 Å². The summed E-state index contributed by atoms with van der Waals surface area (Å²) in [5, 5.41) is 12.8. The molecule has 0 bridgehead atoms. The van der Waals surface area contributed by atoms with Gasteiger partial charge in [0.15, 0.2) is 5.75 Å². The lowest BCUT2D eigenvalue weighted by Gasteiger charge is -2.39. The number of nitrogens with zero attached hydrogens (tertiary/aromatic N) is 4. The molecule has 1 amide bonds. The van der Waals surface area contributed by atoms with Crippen LogP contribution in [0.15, 0.2) is 83.4 Å². The molecule has 0 spiro atoms. The third-order valence-electron chi connectivity index (χ3n) is 11.4. The highest BCUT2D eigenvalue weighted by Gasteiger charge is 2.35. The van der Waals surface area contributed by atoms with Gasteiger partial charge in [-0.25, -0.2) is 22.5 Å². The summed E-state index contributed by atoms with van der Waals surface area (Å²) in [5.41, 5.74) is 8.14. The molecule has 4 aromatic rings. The Bertz CT molecular complexity index is 2440. The predicted octanol–water partition coefficient (Wildman–Crippen LogP) is 8.47. The van der Waals surface area contributed by atoms with Gasteiger partial charge in [-0.2, -0.15) is 0 Å². The molecule has 14 nitrogen and oxygen atoms in total. The van der Waals surface area contributed by atoms with E-state index in [0.29, 0.717) is 18.1 Å². The number of allylic oxidation sites excluding steroid dienone is 1. The topological polar surface area (TPSA) is 179 Å². The number of carbonyl (C=O) groups is 1. The molecule has 3 N–H and O–H groups in total. The van der Waals surface area contributed by atoms with Gasteiger partial charge >= 0.3 is 5.69 Å². The average Bonchev–Trinajstić information content (AvgIpc) is 3.22. The molecule has 7 rings (SSSR count). The molecule has 2 aliphatic heterocycles. The van der Waals surface area contributed by atoms with Crippen molar-refractivity contribution in [3.05, 3.63) is 110 Å². The Morgan fingerprint density at radius 2 is 1.72 bits per heavy atom. The Kier molecular flexibility index (Phi) is 13.1. The first kappa shape index (κ1) is 44.1. The largest absolute Gasteiger partial charge is 0.483 e. The Balaban J connectivity index is 1.09. The van der Waals surface area contributed by atoms with Crippen molar-refractivity contribution in [3.63, 3.8) is 0 Å². The van der Waals surface area contributed by atoms with Crippen LogP contribution in [-0.2, 0) is 14.8 Å². The molecular formula is C43H47Cl2FN6O8S. The number of nitrogens with two attached hydrogens (primary N) is 1. The van der Waals surface area contributed by atoms with Crippen LogP contribution in [0.5, 0.6) is 17.2 Å². The fourth-order valence-corrected chi connectivity index (χ4v) is 9.01. The van der Waals surface area contributed by atoms with Gasteiger partial charge in [0, 0.05) is 87.7 Å². The van der Waals surface area contributed by atoms with Crippen molar-refractivity contribution in [1.29, 1.82) is 0 Å². The van der Waals surface area contributed by atoms with Gasteiger partial charge in [0.25, 0.3) is 15.9 Å². The van der Waals surface area contributed by atoms with Crippen LogP contribution in [0.4, 0.5) is 21.6 Å². The third-order valence-corrected chi connectivity index (χ3v) is 13.2. The number of nitro groups is 1. The molecule has 0 unspecified atom stereocenters. The van der Waals surface area contributed by atoms with Crippen molar-refractivity contribution < 1.29 is 36.7 Å². The standard InChI is InChI=1S/C43H47Cl2FN6O8S/c1-42(2)12-11-29(35(24-42)28-3-5-30(44)6-4-28)26-50-15-17-51(18-16-50)31-7-9-34(39(21-31)60-32-22-36(45)40(47)48-25-32)41(53)49-61(56,57)33-8-10-38(37(23-33)52(54)55)59-27-43(46)13-19-58-20-14-43/h3-10,21-23,25H,11-20,24,26-27H2,1-2H3,(H2,47,48)(H,49,53). The zero-order valence-corrected chi connectivity index (χ0v) is 36.1. The first-order valence-electron chi connectivity index (χ1n) is 19.9. The first-order chi connectivity index (χ1) is 29.0. The molecule has 18 heteroatoms. The number of nitrogen functional groups attached to an aromatic ring is 1. The molecule has 61 heavy (non-hydrogen) atoms. The van der Waals surface area contributed by atoms with Gasteiger partial charge < -0.3 is 24.8 Å². The molecule has 2 fully saturated rings. The van der Waals surface area contributed by atoms with E-state index in [1.807, 2.05) is 16.9 Å². The first-order valence-corrected chi connectivity index (χ1v) is 22.1. The highest BCUT2D eigenvalue weighted by molar-refractivity contribution is 7.90. The van der Waals surface area contributed by atoms with Crippen LogP contribution >= 0.6 is 23.2 Å². The second-order valence-electron chi connectivity index (χ2n) is 16.4. The molecule has 0 atom stereocenters. The number of anilines is 2. The highest BCUT2D eigenvalue weighted by atomic mass is 35.5. The molecule has 0 saturated carbocycles. The van der Waals surface area contributed by atoms with Crippen molar-refractivity contribution in [2.75, 3.05) is 63.2 Å². The Morgan fingerprint density at radius 1 is 1.00 bits per heavy atom. The molecular weight excluding hydrogens is 850 g/mol. The van der Waals surface area contributed by atoms with E-state index in [4.69, 9.17) is 43.1 Å². The van der Waals surface area contributed by atoms with Crippen LogP contribution in [-0.4, -0.2) is 87.3 Å². The summed E-state index contributed by atoms with van der Waals surface area (Å²) in [7, 11) is -4.69. The summed E-state index contributed by atoms with van der Waals surface area (Å²) in [6, 6.07) is 17.1. The van der Waals surface area contributed by atoms with E-state index in [2.05, 4.69) is 40.8 Å². The minimum Gasteiger partial charge on any atom is -0.483 e. The fourth-order valence-electron chi connectivity index (χ4n) is 7.75. The summed E-state index contributed by atoms with van der Waals surface area (Å²) in [4.78, 5) is 33.0. The Hall–Kier alpha value is -5.00. The molecule has 324 valence electrons. The molecule has 2 saturated heterocycles. The monoisotopic (exact) mass is 896 g/mol. The fraction of sp³-hybridized carbons (Fsp3) is 0.395. The predicted molar refractivity (Wildman–Crippen MR) is 232 cm³/mol. The SMILES string of the molecule is CC1(C)CCC(CN2CCN(c3ccc(C(=O)NS(=O)(=O)c4ccc(OCC5(F)CCOCC5)c([N+](=O)[O-])c4)c(Oc4cnc(N)c(Cl)c4)c3)CC2)=C(c2ccc(Cl)cc2)C1. The second kappa shape index (κ2) is 18.2. The van der Waals surface area contributed by atoms with Crippen LogP contribution in [0.1, 0.15) is 61.9 Å². The maximum Gasteiger partial charge on any atom is 0.312 e. The van der Waals surface area contributed by atoms with Gasteiger partial charge in [-0.3, -0.25) is 19.8 Å². The van der Waals surface area contributed by atoms with Crippen molar-refractivity contribution in [2.24, 2.45) is 5.41 Å². The van der Waals surface area contributed by atoms with Crippen molar-refractivity contribution in [3.8, 4) is 17.2 Å². The highest BCUT2D eigenvalue weighted by Crippen LogP contribution is 2.44. The number of sulfonamides is 1. The summed E-state index contributed by atoms with van der Waals surface area (Å²) in [6.45, 7) is 8.24. The number of halogens is 3. The molecule has 1 aliphatic carbocycles. The summed E-state index contributed by atoms with van der Waals surface area (Å²) >= 11 is 12.4. The smallest absolute Gasteiger partial charge is 0.312 e. The number of hydrogen-bond donors (Lipinski definition) is 2. The number of pyridine rings is 1. The average molecular weight is 898 g/mol. The maximum atomic E-state index is 15.1. The van der Waals surface area contributed by atoms with Gasteiger partial charge in [0.2, 0.25) is 0 Å². The lowest BCUT2D eigenvalue weighted by Crippen LogP contribution is -2.47. The molecule has 3 aliphatic rings. The van der Waals surface area contributed by atoms with E-state index >= 15 is 4.39 Å². The van der Waals surface area contributed by atoms with E-state index in [0.717, 1.165) is 62.8 Å². The number of ether oxygens (including phenoxy) is 3. The van der Waals surface area contributed by atoms with Crippen LogP contribution in [0.2, 0.25) is 10.0 Å².